The first-order valence-corrected chi connectivity index (χ1v) is 12.1. The number of hydrogen-bond donors (Lipinski definition) is 1. The second kappa shape index (κ2) is 9.76. The van der Waals surface area contributed by atoms with E-state index in [-0.39, 0.29) is 33.4 Å². The molecule has 1 atom stereocenters. The van der Waals surface area contributed by atoms with Crippen LogP contribution in [0, 0.1) is 11.3 Å². The summed E-state index contributed by atoms with van der Waals surface area (Å²) in [6, 6.07) is 4.96. The molecule has 0 radical (unpaired) electrons. The SMILES string of the molecule is CCOc1c(C(C)OC(=O)NC(C)(C)C)cc(Cl)c(C#N)c1-c1cncc(S(C)(=O)=O)c1. The number of carbonyl (C=O) groups is 1. The molecule has 0 aliphatic heterocycles. The van der Waals surface area contributed by atoms with Gasteiger partial charge in [-0.25, -0.2) is 13.2 Å². The van der Waals surface area contributed by atoms with Crippen LogP contribution in [0.15, 0.2) is 29.4 Å². The van der Waals surface area contributed by atoms with Gasteiger partial charge >= 0.3 is 6.09 Å². The minimum absolute atomic E-state index is 0.0169. The summed E-state index contributed by atoms with van der Waals surface area (Å²) in [6.07, 6.45) is 2.30. The van der Waals surface area contributed by atoms with Gasteiger partial charge in [-0.05, 0) is 46.8 Å². The van der Waals surface area contributed by atoms with Crippen LogP contribution in [0.2, 0.25) is 5.02 Å². The number of ether oxygens (including phenoxy) is 2. The number of hydrogen-bond acceptors (Lipinski definition) is 7. The van der Waals surface area contributed by atoms with Crippen LogP contribution in [0.3, 0.4) is 0 Å². The number of pyridine rings is 1. The highest BCUT2D eigenvalue weighted by molar-refractivity contribution is 7.90. The summed E-state index contributed by atoms with van der Waals surface area (Å²) in [5.41, 5.74) is 0.645. The van der Waals surface area contributed by atoms with Crippen molar-refractivity contribution in [3.63, 3.8) is 0 Å². The molecule has 0 bridgehead atoms. The van der Waals surface area contributed by atoms with Crippen molar-refractivity contribution in [1.82, 2.24) is 10.3 Å². The molecule has 10 heteroatoms. The molecule has 2 rings (SSSR count). The van der Waals surface area contributed by atoms with Crippen molar-refractivity contribution in [2.75, 3.05) is 12.9 Å². The van der Waals surface area contributed by atoms with Gasteiger partial charge in [0, 0.05) is 40.9 Å². The molecule has 0 aliphatic carbocycles. The molecular formula is C22H26ClN3O5S. The number of sulfone groups is 1. The highest BCUT2D eigenvalue weighted by atomic mass is 35.5. The number of amides is 1. The van der Waals surface area contributed by atoms with E-state index in [9.17, 15) is 18.5 Å². The molecule has 0 spiro atoms. The largest absolute Gasteiger partial charge is 0.493 e. The molecule has 0 fully saturated rings. The molecule has 32 heavy (non-hydrogen) atoms. The number of nitrogens with one attached hydrogen (secondary N) is 1. The fraction of sp³-hybridized carbons (Fsp3) is 0.409. The van der Waals surface area contributed by atoms with E-state index in [1.54, 1.807) is 13.8 Å². The van der Waals surface area contributed by atoms with E-state index in [0.717, 1.165) is 6.26 Å². The zero-order valence-corrected chi connectivity index (χ0v) is 20.4. The third kappa shape index (κ3) is 6.11. The lowest BCUT2D eigenvalue weighted by atomic mass is 9.95. The van der Waals surface area contributed by atoms with Crippen LogP contribution < -0.4 is 10.1 Å². The van der Waals surface area contributed by atoms with Crippen LogP contribution in [0.4, 0.5) is 4.79 Å². The summed E-state index contributed by atoms with van der Waals surface area (Å²) >= 11 is 6.40. The van der Waals surface area contributed by atoms with Crippen molar-refractivity contribution in [2.45, 2.75) is 51.2 Å². The lowest BCUT2D eigenvalue weighted by Gasteiger charge is -2.24. The Labute approximate surface area is 193 Å². The van der Waals surface area contributed by atoms with Gasteiger partial charge in [-0.2, -0.15) is 5.26 Å². The number of benzene rings is 1. The molecule has 1 unspecified atom stereocenters. The molecule has 0 saturated carbocycles. The maximum Gasteiger partial charge on any atom is 0.408 e. The van der Waals surface area contributed by atoms with Gasteiger partial charge in [0.25, 0.3) is 0 Å². The minimum atomic E-state index is -3.54. The van der Waals surface area contributed by atoms with Crippen molar-refractivity contribution in [3.05, 3.63) is 40.7 Å². The number of carbonyl (C=O) groups excluding carboxylic acids is 1. The maximum absolute atomic E-state index is 12.3. The van der Waals surface area contributed by atoms with Gasteiger partial charge in [0.2, 0.25) is 0 Å². The Balaban J connectivity index is 2.71. The summed E-state index contributed by atoms with van der Waals surface area (Å²) in [7, 11) is -3.54. The third-order valence-electron chi connectivity index (χ3n) is 4.29. The molecule has 2 aromatic rings. The highest BCUT2D eigenvalue weighted by Gasteiger charge is 2.26. The molecule has 1 aromatic heterocycles. The number of rotatable bonds is 6. The Hall–Kier alpha value is -2.83. The predicted octanol–water partition coefficient (Wildman–Crippen LogP) is 4.66. The lowest BCUT2D eigenvalue weighted by Crippen LogP contribution is -2.41. The van der Waals surface area contributed by atoms with Gasteiger partial charge < -0.3 is 14.8 Å². The monoisotopic (exact) mass is 479 g/mol. The fourth-order valence-electron chi connectivity index (χ4n) is 2.96. The van der Waals surface area contributed by atoms with Crippen LogP contribution in [0.25, 0.3) is 11.1 Å². The van der Waals surface area contributed by atoms with Crippen LogP contribution in [0.5, 0.6) is 5.75 Å². The number of nitrogens with zero attached hydrogens (tertiary/aromatic N) is 2. The topological polar surface area (TPSA) is 118 Å². The predicted molar refractivity (Wildman–Crippen MR) is 121 cm³/mol. The van der Waals surface area contributed by atoms with E-state index in [0.29, 0.717) is 11.1 Å². The van der Waals surface area contributed by atoms with E-state index in [1.807, 2.05) is 26.8 Å². The summed E-state index contributed by atoms with van der Waals surface area (Å²) in [5.74, 6) is 0.261. The number of aromatic nitrogens is 1. The number of halogens is 1. The molecule has 1 aromatic carbocycles. The van der Waals surface area contributed by atoms with Crippen molar-refractivity contribution in [1.29, 1.82) is 5.26 Å². The lowest BCUT2D eigenvalue weighted by molar-refractivity contribution is 0.0984. The average Bonchev–Trinajstić information content (AvgIpc) is 2.66. The molecule has 172 valence electrons. The zero-order valence-electron chi connectivity index (χ0n) is 18.8. The first-order valence-electron chi connectivity index (χ1n) is 9.82. The Morgan fingerprint density at radius 2 is 1.97 bits per heavy atom. The van der Waals surface area contributed by atoms with Gasteiger partial charge in [0.1, 0.15) is 17.9 Å². The Kier molecular flexibility index (Phi) is 7.75. The molecular weight excluding hydrogens is 454 g/mol. The first-order chi connectivity index (χ1) is 14.8. The van der Waals surface area contributed by atoms with Gasteiger partial charge in [0.05, 0.1) is 22.1 Å². The van der Waals surface area contributed by atoms with E-state index >= 15 is 0 Å². The highest BCUT2D eigenvalue weighted by Crippen LogP contribution is 2.43. The number of nitriles is 1. The molecule has 0 saturated heterocycles. The summed E-state index contributed by atoms with van der Waals surface area (Å²) in [5, 5.41) is 12.6. The first kappa shape index (κ1) is 25.4. The second-order valence-corrected chi connectivity index (χ2v) is 10.6. The average molecular weight is 480 g/mol. The number of alkyl carbamates (subject to hydrolysis) is 1. The van der Waals surface area contributed by atoms with Crippen LogP contribution in [-0.4, -0.2) is 37.9 Å². The maximum atomic E-state index is 12.3. The molecule has 0 aliphatic rings. The van der Waals surface area contributed by atoms with Crippen molar-refractivity contribution in [3.8, 4) is 22.9 Å². The van der Waals surface area contributed by atoms with Crippen LogP contribution in [-0.2, 0) is 14.6 Å². The smallest absolute Gasteiger partial charge is 0.408 e. The Bertz CT molecular complexity index is 1170. The van der Waals surface area contributed by atoms with E-state index in [2.05, 4.69) is 10.3 Å². The molecule has 1 N–H and O–H groups in total. The summed E-state index contributed by atoms with van der Waals surface area (Å²) in [6.45, 7) is 9.12. The van der Waals surface area contributed by atoms with Crippen LogP contribution in [0.1, 0.15) is 51.8 Å². The zero-order chi connectivity index (χ0) is 24.3. The van der Waals surface area contributed by atoms with E-state index in [4.69, 9.17) is 21.1 Å². The second-order valence-electron chi connectivity index (χ2n) is 8.18. The fourth-order valence-corrected chi connectivity index (χ4v) is 3.80. The quantitative estimate of drug-likeness (QED) is 0.639. The van der Waals surface area contributed by atoms with Gasteiger partial charge in [0.15, 0.2) is 9.84 Å². The molecule has 1 heterocycles. The van der Waals surface area contributed by atoms with Gasteiger partial charge in [-0.3, -0.25) is 4.98 Å². The van der Waals surface area contributed by atoms with E-state index < -0.39 is 27.6 Å². The third-order valence-corrected chi connectivity index (χ3v) is 5.67. The van der Waals surface area contributed by atoms with Gasteiger partial charge in [-0.15, -0.1) is 0 Å². The van der Waals surface area contributed by atoms with Crippen molar-refractivity contribution < 1.29 is 22.7 Å². The minimum Gasteiger partial charge on any atom is -0.493 e. The van der Waals surface area contributed by atoms with Crippen molar-refractivity contribution in [2.24, 2.45) is 0 Å². The van der Waals surface area contributed by atoms with Gasteiger partial charge in [-0.1, -0.05) is 11.6 Å². The Morgan fingerprint density at radius 1 is 1.31 bits per heavy atom. The molecule has 8 nitrogen and oxygen atoms in total. The molecule has 1 amide bonds. The summed E-state index contributed by atoms with van der Waals surface area (Å²) < 4.78 is 35.4. The van der Waals surface area contributed by atoms with Crippen LogP contribution >= 0.6 is 11.6 Å². The Morgan fingerprint density at radius 3 is 2.50 bits per heavy atom. The van der Waals surface area contributed by atoms with E-state index in [1.165, 1.54) is 24.5 Å². The summed E-state index contributed by atoms with van der Waals surface area (Å²) in [4.78, 5) is 16.3. The normalized spacial score (nSPS) is 12.6. The standard InChI is InChI=1S/C22H26ClN3O5S/c1-7-30-20-16(13(2)31-21(27)26-22(3,4)5)9-18(23)17(10-24)19(20)14-8-15(12-25-11-14)32(6,28)29/h8-9,11-13H,7H2,1-6H3,(H,26,27). The van der Waals surface area contributed by atoms with Crippen molar-refractivity contribution >= 4 is 27.5 Å².